The van der Waals surface area contributed by atoms with Gasteiger partial charge in [-0.1, -0.05) is 36.4 Å². The maximum Gasteiger partial charge on any atom is 0.254 e. The fraction of sp³-hybridized carbons (Fsp3) is 0.269. The molecule has 2 N–H and O–H groups in total. The van der Waals surface area contributed by atoms with Crippen LogP contribution in [-0.2, 0) is 10.0 Å². The van der Waals surface area contributed by atoms with Crippen molar-refractivity contribution in [3.63, 3.8) is 0 Å². The Morgan fingerprint density at radius 1 is 1.06 bits per heavy atom. The Balaban J connectivity index is 1.82. The van der Waals surface area contributed by atoms with Crippen LogP contribution in [0.15, 0.2) is 65.7 Å². The molecule has 1 unspecified atom stereocenters. The van der Waals surface area contributed by atoms with E-state index >= 15 is 0 Å². The molecular formula is C26H29N5O3S. The lowest BCUT2D eigenvalue weighted by Crippen LogP contribution is -2.30. The molecular weight excluding hydrogens is 462 g/mol. The summed E-state index contributed by atoms with van der Waals surface area (Å²) in [5.74, 6) is -0.218. The average Bonchev–Trinajstić information content (AvgIpc) is 3.26. The van der Waals surface area contributed by atoms with Crippen LogP contribution in [0.4, 0.5) is 0 Å². The Morgan fingerprint density at radius 2 is 1.77 bits per heavy atom. The van der Waals surface area contributed by atoms with Gasteiger partial charge in [-0.05, 0) is 57.0 Å². The van der Waals surface area contributed by atoms with E-state index in [-0.39, 0.29) is 16.8 Å². The topological polar surface area (TPSA) is 111 Å². The molecule has 0 aliphatic heterocycles. The molecule has 0 spiro atoms. The first-order chi connectivity index (χ1) is 16.5. The number of rotatable bonds is 6. The molecule has 1 amide bonds. The largest absolute Gasteiger partial charge is 0.335 e. The number of sulfonamides is 1. The first-order valence-electron chi connectivity index (χ1n) is 11.3. The third-order valence-corrected chi connectivity index (χ3v) is 7.19. The lowest BCUT2D eigenvalue weighted by atomic mass is 10.0. The molecule has 0 bridgehead atoms. The van der Waals surface area contributed by atoms with Gasteiger partial charge in [0.25, 0.3) is 5.91 Å². The number of aryl methyl sites for hydroxylation is 1. The summed E-state index contributed by atoms with van der Waals surface area (Å²) in [6, 6.07) is 15.7. The van der Waals surface area contributed by atoms with E-state index in [4.69, 9.17) is 10.1 Å². The van der Waals surface area contributed by atoms with Crippen molar-refractivity contribution in [1.29, 1.82) is 0 Å². The number of carbonyl (C=O) groups excluding carboxylic acids is 1. The van der Waals surface area contributed by atoms with Crippen molar-refractivity contribution in [2.24, 2.45) is 5.14 Å². The Kier molecular flexibility index (Phi) is 6.48. The number of hydrogen-bond acceptors (Lipinski definition) is 5. The minimum atomic E-state index is -3.85. The van der Waals surface area contributed by atoms with Crippen molar-refractivity contribution in [1.82, 2.24) is 19.7 Å². The monoisotopic (exact) mass is 491 g/mol. The van der Waals surface area contributed by atoms with Crippen LogP contribution in [0.3, 0.4) is 0 Å². The zero-order chi connectivity index (χ0) is 25.5. The van der Waals surface area contributed by atoms with Gasteiger partial charge in [-0.3, -0.25) is 4.79 Å². The lowest BCUT2D eigenvalue weighted by Gasteiger charge is -2.26. The van der Waals surface area contributed by atoms with Crippen molar-refractivity contribution in [3.05, 3.63) is 77.5 Å². The van der Waals surface area contributed by atoms with Crippen LogP contribution in [0, 0.1) is 6.92 Å². The molecule has 8 nitrogen and oxygen atoms in total. The molecule has 0 aliphatic carbocycles. The molecule has 1 atom stereocenters. The SMILES string of the molecule is Cc1ccccc1-c1cc(C(=O)N(C)C(C)c2cccc(S(N)(=O)=O)c2)c2cnn(C(C)C)c2n1. The molecule has 9 heteroatoms. The number of benzene rings is 2. The second kappa shape index (κ2) is 9.24. The normalized spacial score (nSPS) is 12.8. The van der Waals surface area contributed by atoms with Gasteiger partial charge in [0.05, 0.1) is 33.8 Å². The number of nitrogens with two attached hydrogens (primary N) is 1. The second-order valence-electron chi connectivity index (χ2n) is 9.00. The summed E-state index contributed by atoms with van der Waals surface area (Å²) in [6.07, 6.45) is 1.68. The second-order valence-corrected chi connectivity index (χ2v) is 10.6. The number of fused-ring (bicyclic) bond motifs is 1. The molecule has 35 heavy (non-hydrogen) atoms. The van der Waals surface area contributed by atoms with Crippen LogP contribution in [0.25, 0.3) is 22.3 Å². The molecule has 4 rings (SSSR count). The first-order valence-corrected chi connectivity index (χ1v) is 12.9. The number of primary sulfonamides is 1. The molecule has 2 aromatic heterocycles. The maximum atomic E-state index is 13.8. The number of hydrogen-bond donors (Lipinski definition) is 1. The molecule has 2 heterocycles. The minimum Gasteiger partial charge on any atom is -0.335 e. The van der Waals surface area contributed by atoms with Crippen LogP contribution in [0.5, 0.6) is 0 Å². The van der Waals surface area contributed by atoms with Crippen molar-refractivity contribution in [2.45, 2.75) is 44.7 Å². The number of nitrogens with zero attached hydrogens (tertiary/aromatic N) is 4. The van der Waals surface area contributed by atoms with E-state index < -0.39 is 16.1 Å². The van der Waals surface area contributed by atoms with E-state index in [9.17, 15) is 13.2 Å². The van der Waals surface area contributed by atoms with Crippen molar-refractivity contribution >= 4 is 27.0 Å². The highest BCUT2D eigenvalue weighted by molar-refractivity contribution is 7.89. The van der Waals surface area contributed by atoms with Crippen LogP contribution < -0.4 is 5.14 Å². The summed E-state index contributed by atoms with van der Waals surface area (Å²) in [4.78, 5) is 20.3. The molecule has 0 fully saturated rings. The van der Waals surface area contributed by atoms with Gasteiger partial charge in [-0.15, -0.1) is 0 Å². The number of carbonyl (C=O) groups is 1. The van der Waals surface area contributed by atoms with E-state index in [1.165, 1.54) is 12.1 Å². The van der Waals surface area contributed by atoms with Gasteiger partial charge in [-0.25, -0.2) is 23.2 Å². The third kappa shape index (κ3) is 4.69. The third-order valence-electron chi connectivity index (χ3n) is 6.28. The molecule has 0 saturated carbocycles. The van der Waals surface area contributed by atoms with Crippen molar-refractivity contribution in [2.75, 3.05) is 7.05 Å². The fourth-order valence-electron chi connectivity index (χ4n) is 4.11. The molecule has 182 valence electrons. The van der Waals surface area contributed by atoms with E-state index in [2.05, 4.69) is 5.10 Å². The Labute approximate surface area is 205 Å². The van der Waals surface area contributed by atoms with Crippen molar-refractivity contribution in [3.8, 4) is 11.3 Å². The molecule has 0 saturated heterocycles. The standard InChI is InChI=1S/C26H29N5O3S/c1-16(2)31-25-23(15-28-31)22(14-24(29-25)21-12-7-6-9-17(21)3)26(32)30(5)18(4)19-10-8-11-20(13-19)35(27,33)34/h6-16,18H,1-5H3,(H2,27,33,34). The van der Waals surface area contributed by atoms with E-state index in [1.54, 1.807) is 30.3 Å². The van der Waals surface area contributed by atoms with Gasteiger partial charge in [0.1, 0.15) is 0 Å². The van der Waals surface area contributed by atoms with Crippen LogP contribution in [-0.4, -0.2) is 41.0 Å². The molecule has 4 aromatic rings. The van der Waals surface area contributed by atoms with E-state index in [0.29, 0.717) is 27.9 Å². The summed E-state index contributed by atoms with van der Waals surface area (Å²) in [6.45, 7) is 7.89. The molecule has 0 radical (unpaired) electrons. The highest BCUT2D eigenvalue weighted by atomic mass is 32.2. The summed E-state index contributed by atoms with van der Waals surface area (Å²) < 4.78 is 25.4. The van der Waals surface area contributed by atoms with Gasteiger partial charge >= 0.3 is 0 Å². The number of aromatic nitrogens is 3. The minimum absolute atomic E-state index is 0.00838. The Hall–Kier alpha value is -3.56. The zero-order valence-corrected chi connectivity index (χ0v) is 21.2. The fourth-order valence-corrected chi connectivity index (χ4v) is 4.68. The Bertz CT molecular complexity index is 1530. The zero-order valence-electron chi connectivity index (χ0n) is 20.4. The molecule has 0 aliphatic rings. The van der Waals surface area contributed by atoms with Gasteiger partial charge in [0.2, 0.25) is 10.0 Å². The number of pyridine rings is 1. The maximum absolute atomic E-state index is 13.8. The van der Waals surface area contributed by atoms with Gasteiger partial charge in [0.15, 0.2) is 5.65 Å². The summed E-state index contributed by atoms with van der Waals surface area (Å²) in [5.41, 5.74) is 4.47. The van der Waals surface area contributed by atoms with Crippen LogP contribution >= 0.6 is 0 Å². The van der Waals surface area contributed by atoms with Gasteiger partial charge in [0, 0.05) is 18.7 Å². The average molecular weight is 492 g/mol. The number of amides is 1. The first kappa shape index (κ1) is 24.6. The Morgan fingerprint density at radius 3 is 2.43 bits per heavy atom. The van der Waals surface area contributed by atoms with Crippen LogP contribution in [0.2, 0.25) is 0 Å². The highest BCUT2D eigenvalue weighted by Gasteiger charge is 2.25. The van der Waals surface area contributed by atoms with E-state index in [1.807, 2.05) is 62.7 Å². The highest BCUT2D eigenvalue weighted by Crippen LogP contribution is 2.30. The summed E-state index contributed by atoms with van der Waals surface area (Å²) in [7, 11) is -2.16. The van der Waals surface area contributed by atoms with Crippen LogP contribution in [0.1, 0.15) is 54.3 Å². The quantitative estimate of drug-likeness (QED) is 0.428. The van der Waals surface area contributed by atoms with Gasteiger partial charge < -0.3 is 4.90 Å². The van der Waals surface area contributed by atoms with E-state index in [0.717, 1.165) is 11.1 Å². The molecule has 2 aromatic carbocycles. The van der Waals surface area contributed by atoms with Gasteiger partial charge in [-0.2, -0.15) is 5.10 Å². The predicted molar refractivity (Wildman–Crippen MR) is 136 cm³/mol. The predicted octanol–water partition coefficient (Wildman–Crippen LogP) is 4.47. The smallest absolute Gasteiger partial charge is 0.254 e. The summed E-state index contributed by atoms with van der Waals surface area (Å²) in [5, 5.41) is 10.5. The summed E-state index contributed by atoms with van der Waals surface area (Å²) >= 11 is 0. The lowest BCUT2D eigenvalue weighted by molar-refractivity contribution is 0.0744. The van der Waals surface area contributed by atoms with Crippen molar-refractivity contribution < 1.29 is 13.2 Å².